The second-order valence-corrected chi connectivity index (χ2v) is 15.2. The summed E-state index contributed by atoms with van der Waals surface area (Å²) in [5.74, 6) is -1.22. The van der Waals surface area contributed by atoms with Crippen LogP contribution in [0.4, 0.5) is 0 Å². The van der Waals surface area contributed by atoms with E-state index in [-0.39, 0.29) is 23.6 Å². The van der Waals surface area contributed by atoms with Gasteiger partial charge in [0, 0.05) is 26.2 Å². The number of carbonyl (C=O) groups is 1. The van der Waals surface area contributed by atoms with E-state index in [4.69, 9.17) is 0 Å². The normalized spacial score (nSPS) is 23.9. The van der Waals surface area contributed by atoms with Crippen molar-refractivity contribution in [2.75, 3.05) is 25.6 Å². The fourth-order valence-electron chi connectivity index (χ4n) is 5.47. The van der Waals surface area contributed by atoms with E-state index in [2.05, 4.69) is 4.99 Å². The second kappa shape index (κ2) is 11.6. The van der Waals surface area contributed by atoms with Gasteiger partial charge in [0.2, 0.25) is 26.1 Å². The molecule has 1 N–H and O–H groups in total. The largest absolute Gasteiger partial charge is 0.481 e. The maximum atomic E-state index is 12.3. The number of sulfonamides is 2. The highest BCUT2D eigenvalue weighted by Gasteiger charge is 2.46. The first-order valence-electron chi connectivity index (χ1n) is 13.1. The molecular weight excluding hydrogens is 506 g/mol. The molecule has 10 nitrogen and oxygen atoms in total. The molecule has 0 spiro atoms. The van der Waals surface area contributed by atoms with Crippen molar-refractivity contribution in [2.45, 2.75) is 108 Å². The summed E-state index contributed by atoms with van der Waals surface area (Å²) in [6.07, 6.45) is 13.2. The van der Waals surface area contributed by atoms with Gasteiger partial charge in [-0.1, -0.05) is 38.5 Å². The predicted molar refractivity (Wildman–Crippen MR) is 136 cm³/mol. The lowest BCUT2D eigenvalue weighted by Crippen LogP contribution is -2.44. The fourth-order valence-corrected chi connectivity index (χ4v) is 9.35. The van der Waals surface area contributed by atoms with E-state index in [1.54, 1.807) is 20.2 Å². The van der Waals surface area contributed by atoms with Crippen LogP contribution >= 0.6 is 0 Å². The van der Waals surface area contributed by atoms with Crippen LogP contribution in [0.25, 0.3) is 0 Å². The van der Waals surface area contributed by atoms with E-state index in [0.29, 0.717) is 25.7 Å². The van der Waals surface area contributed by atoms with Gasteiger partial charge >= 0.3 is 5.97 Å². The lowest BCUT2D eigenvalue weighted by Gasteiger charge is -2.34. The molecular formula is C24H41N3O7S2. The number of hydrogen-bond donors (Lipinski definition) is 1. The van der Waals surface area contributed by atoms with Gasteiger partial charge in [-0.2, -0.15) is 4.99 Å². The minimum Gasteiger partial charge on any atom is -0.481 e. The second-order valence-electron chi connectivity index (χ2n) is 11.1. The Morgan fingerprint density at radius 1 is 0.806 bits per heavy atom. The predicted octanol–water partition coefficient (Wildman–Crippen LogP) is 2.89. The summed E-state index contributed by atoms with van der Waals surface area (Å²) in [5.41, 5.74) is -1.78. The molecule has 36 heavy (non-hydrogen) atoms. The van der Waals surface area contributed by atoms with Crippen LogP contribution in [-0.2, 0) is 29.6 Å². The van der Waals surface area contributed by atoms with Crippen molar-refractivity contribution in [1.29, 1.82) is 0 Å². The average Bonchev–Trinajstić information content (AvgIpc) is 3.72. The first kappa shape index (κ1) is 29.2. The van der Waals surface area contributed by atoms with E-state index in [1.165, 1.54) is 8.61 Å². The summed E-state index contributed by atoms with van der Waals surface area (Å²) in [6.45, 7) is 0. The summed E-state index contributed by atoms with van der Waals surface area (Å²) in [4.78, 5) is 25.9. The van der Waals surface area contributed by atoms with Crippen LogP contribution in [0.1, 0.15) is 89.9 Å². The number of aliphatic carboxylic acids is 1. The fraction of sp³-hybridized carbons (Fsp3) is 0.917. The summed E-state index contributed by atoms with van der Waals surface area (Å²) in [7, 11) is -3.56. The summed E-state index contributed by atoms with van der Waals surface area (Å²) in [5, 5.41) is 9.41. The molecule has 0 radical (unpaired) electrons. The summed E-state index contributed by atoms with van der Waals surface area (Å²) >= 11 is 0. The van der Waals surface area contributed by atoms with Crippen molar-refractivity contribution < 1.29 is 31.5 Å². The molecule has 0 heterocycles. The number of carboxylic acids is 1. The van der Waals surface area contributed by atoms with Gasteiger partial charge in [-0.25, -0.2) is 30.2 Å². The molecule has 4 aliphatic carbocycles. The smallest absolute Gasteiger partial charge is 0.310 e. The van der Waals surface area contributed by atoms with E-state index in [1.807, 2.05) is 0 Å². The molecule has 0 aromatic heterocycles. The quantitative estimate of drug-likeness (QED) is 0.327. The molecule has 0 unspecified atom stereocenters. The molecule has 0 aromatic rings. The zero-order valence-electron chi connectivity index (χ0n) is 21.5. The van der Waals surface area contributed by atoms with Crippen LogP contribution in [-0.4, -0.2) is 85.8 Å². The Morgan fingerprint density at radius 2 is 1.22 bits per heavy atom. The molecule has 206 valence electrons. The van der Waals surface area contributed by atoms with Gasteiger partial charge in [0.25, 0.3) is 0 Å². The summed E-state index contributed by atoms with van der Waals surface area (Å²) in [6, 6.07) is 0.264. The standard InChI is InChI=1S/C12H20N2O3S.C12H21NO4S/c1-14(11-5-6-11)18(16,17)9-12(13-10-15)7-3-2-4-8-12;1-13(10-5-6-10)18(16,17)9-12(11(14)15)7-3-2-4-8-12/h11H,2-9H2,1H3;10H,2-9H2,1H3,(H,14,15). The molecule has 0 bridgehead atoms. The Morgan fingerprint density at radius 3 is 1.61 bits per heavy atom. The van der Waals surface area contributed by atoms with Crippen molar-refractivity contribution in [3.8, 4) is 0 Å². The Hall–Kier alpha value is -1.33. The molecule has 0 aromatic carbocycles. The molecule has 0 amide bonds. The number of isocyanates is 1. The van der Waals surface area contributed by atoms with E-state index < -0.39 is 37.0 Å². The Bertz CT molecular complexity index is 964. The third-order valence-corrected chi connectivity index (χ3v) is 12.4. The monoisotopic (exact) mass is 547 g/mol. The molecule has 12 heteroatoms. The number of carboxylic acid groups (broad SMARTS) is 1. The van der Waals surface area contributed by atoms with Gasteiger partial charge in [-0.3, -0.25) is 4.79 Å². The Kier molecular flexibility index (Phi) is 9.41. The van der Waals surface area contributed by atoms with E-state index >= 15 is 0 Å². The van der Waals surface area contributed by atoms with Crippen LogP contribution in [0.15, 0.2) is 4.99 Å². The zero-order valence-corrected chi connectivity index (χ0v) is 23.2. The minimum atomic E-state index is -3.45. The third-order valence-electron chi connectivity index (χ3n) is 8.24. The van der Waals surface area contributed by atoms with Crippen LogP contribution < -0.4 is 0 Å². The first-order chi connectivity index (χ1) is 16.9. The van der Waals surface area contributed by atoms with Crippen molar-refractivity contribution in [1.82, 2.24) is 8.61 Å². The van der Waals surface area contributed by atoms with Gasteiger partial charge in [-0.15, -0.1) is 0 Å². The lowest BCUT2D eigenvalue weighted by atomic mass is 9.76. The lowest BCUT2D eigenvalue weighted by molar-refractivity contribution is -0.149. The number of rotatable bonds is 10. The zero-order chi connectivity index (χ0) is 26.6. The van der Waals surface area contributed by atoms with Gasteiger partial charge in [-0.05, 0) is 51.4 Å². The maximum absolute atomic E-state index is 12.3. The topological polar surface area (TPSA) is 141 Å². The SMILES string of the molecule is CN(C1CC1)S(=O)(=O)CC1(C(=O)O)CCCCC1.CN(C1CC1)S(=O)(=O)CC1(N=C=O)CCCCC1. The Labute approximate surface area is 215 Å². The molecule has 4 fully saturated rings. The van der Waals surface area contributed by atoms with Crippen LogP contribution in [0.2, 0.25) is 0 Å². The highest BCUT2D eigenvalue weighted by atomic mass is 32.2. The van der Waals surface area contributed by atoms with Gasteiger partial charge in [0.05, 0.1) is 22.5 Å². The van der Waals surface area contributed by atoms with Crippen molar-refractivity contribution in [3.05, 3.63) is 0 Å². The number of aliphatic imine (C=N–C) groups is 1. The first-order valence-corrected chi connectivity index (χ1v) is 16.3. The highest BCUT2D eigenvalue weighted by molar-refractivity contribution is 7.89. The Balaban J connectivity index is 0.000000201. The molecule has 4 aliphatic rings. The van der Waals surface area contributed by atoms with Crippen molar-refractivity contribution >= 4 is 32.1 Å². The number of carbonyl (C=O) groups excluding carboxylic acids is 1. The molecule has 4 rings (SSSR count). The third kappa shape index (κ3) is 7.37. The molecule has 0 aliphatic heterocycles. The van der Waals surface area contributed by atoms with Crippen LogP contribution in [0.3, 0.4) is 0 Å². The minimum absolute atomic E-state index is 0.0394. The van der Waals surface area contributed by atoms with Crippen LogP contribution in [0, 0.1) is 5.41 Å². The van der Waals surface area contributed by atoms with E-state index in [0.717, 1.165) is 64.2 Å². The number of hydrogen-bond acceptors (Lipinski definition) is 7. The summed E-state index contributed by atoms with van der Waals surface area (Å²) < 4.78 is 51.9. The average molecular weight is 548 g/mol. The van der Waals surface area contributed by atoms with Crippen molar-refractivity contribution in [3.63, 3.8) is 0 Å². The van der Waals surface area contributed by atoms with E-state index in [9.17, 15) is 31.5 Å². The molecule has 0 atom stereocenters. The molecule has 0 saturated heterocycles. The highest BCUT2D eigenvalue weighted by Crippen LogP contribution is 2.40. The van der Waals surface area contributed by atoms with Crippen molar-refractivity contribution in [2.24, 2.45) is 10.4 Å². The maximum Gasteiger partial charge on any atom is 0.310 e. The van der Waals surface area contributed by atoms with Gasteiger partial charge in [0.15, 0.2) is 0 Å². The number of nitrogens with zero attached hydrogens (tertiary/aromatic N) is 3. The van der Waals surface area contributed by atoms with Gasteiger partial charge in [0.1, 0.15) is 0 Å². The van der Waals surface area contributed by atoms with Gasteiger partial charge < -0.3 is 5.11 Å². The van der Waals surface area contributed by atoms with Crippen LogP contribution in [0.5, 0.6) is 0 Å². The molecule has 4 saturated carbocycles.